The Labute approximate surface area is 96.6 Å². The lowest BCUT2D eigenvalue weighted by molar-refractivity contribution is -0.120. The highest BCUT2D eigenvalue weighted by atomic mass is 16.5. The summed E-state index contributed by atoms with van der Waals surface area (Å²) < 4.78 is 5.11. The van der Waals surface area contributed by atoms with Crippen molar-refractivity contribution in [2.75, 3.05) is 32.8 Å². The first-order valence-electron chi connectivity index (χ1n) is 5.79. The summed E-state index contributed by atoms with van der Waals surface area (Å²) in [6.07, 6.45) is 0.633. The van der Waals surface area contributed by atoms with Gasteiger partial charge in [-0.2, -0.15) is 0 Å². The summed E-state index contributed by atoms with van der Waals surface area (Å²) in [5.74, 6) is 0.424. The van der Waals surface area contributed by atoms with E-state index in [1.807, 2.05) is 13.8 Å². The summed E-state index contributed by atoms with van der Waals surface area (Å²) in [4.78, 5) is 11.3. The van der Waals surface area contributed by atoms with Crippen LogP contribution in [0.2, 0.25) is 0 Å². The van der Waals surface area contributed by atoms with Gasteiger partial charge in [-0.05, 0) is 5.92 Å². The van der Waals surface area contributed by atoms with Crippen LogP contribution < -0.4 is 10.6 Å². The van der Waals surface area contributed by atoms with Crippen molar-refractivity contribution in [2.45, 2.75) is 25.9 Å². The lowest BCUT2D eigenvalue weighted by Gasteiger charge is -2.20. The monoisotopic (exact) mass is 230 g/mol. The van der Waals surface area contributed by atoms with Gasteiger partial charge in [0.15, 0.2) is 0 Å². The second-order valence-corrected chi connectivity index (χ2v) is 4.83. The van der Waals surface area contributed by atoms with Gasteiger partial charge in [-0.3, -0.25) is 4.79 Å². The van der Waals surface area contributed by atoms with Crippen molar-refractivity contribution in [1.29, 1.82) is 0 Å². The summed E-state index contributed by atoms with van der Waals surface area (Å²) in [5.41, 5.74) is -0.793. The van der Waals surface area contributed by atoms with Crippen LogP contribution in [0.25, 0.3) is 0 Å². The van der Waals surface area contributed by atoms with Crippen molar-refractivity contribution >= 4 is 5.91 Å². The lowest BCUT2D eigenvalue weighted by Crippen LogP contribution is -2.45. The van der Waals surface area contributed by atoms with Crippen LogP contribution in [0, 0.1) is 5.92 Å². The van der Waals surface area contributed by atoms with Gasteiger partial charge in [0, 0.05) is 26.1 Å². The van der Waals surface area contributed by atoms with Crippen molar-refractivity contribution < 1.29 is 14.6 Å². The van der Waals surface area contributed by atoms with E-state index in [0.29, 0.717) is 38.6 Å². The standard InChI is InChI=1S/C11H22N2O3/c1-9(2)5-13-10(14)6-12-7-11(15)3-4-16-8-11/h9,12,15H,3-8H2,1-2H3,(H,13,14). The topological polar surface area (TPSA) is 70.6 Å². The normalized spacial score (nSPS) is 25.0. The summed E-state index contributed by atoms with van der Waals surface area (Å²) in [6, 6.07) is 0. The van der Waals surface area contributed by atoms with Crippen molar-refractivity contribution in [2.24, 2.45) is 5.92 Å². The minimum absolute atomic E-state index is 0.0313. The number of amides is 1. The molecule has 1 fully saturated rings. The third-order valence-corrected chi connectivity index (χ3v) is 2.53. The quantitative estimate of drug-likeness (QED) is 0.575. The zero-order chi connectivity index (χ0) is 12.0. The van der Waals surface area contributed by atoms with Gasteiger partial charge in [0.25, 0.3) is 0 Å². The third kappa shape index (κ3) is 4.92. The molecule has 0 aromatic carbocycles. The van der Waals surface area contributed by atoms with Crippen molar-refractivity contribution in [1.82, 2.24) is 10.6 Å². The van der Waals surface area contributed by atoms with E-state index in [4.69, 9.17) is 4.74 Å². The second-order valence-electron chi connectivity index (χ2n) is 4.83. The molecule has 5 heteroatoms. The molecule has 0 saturated carbocycles. The minimum atomic E-state index is -0.793. The number of nitrogens with one attached hydrogen (secondary N) is 2. The van der Waals surface area contributed by atoms with Gasteiger partial charge in [-0.25, -0.2) is 0 Å². The van der Waals surface area contributed by atoms with Crippen LogP contribution in [0.3, 0.4) is 0 Å². The molecule has 1 heterocycles. The van der Waals surface area contributed by atoms with Crippen LogP contribution in [-0.4, -0.2) is 49.5 Å². The number of carbonyl (C=O) groups excluding carboxylic acids is 1. The molecule has 0 aromatic rings. The maximum atomic E-state index is 11.3. The second kappa shape index (κ2) is 6.18. The average Bonchev–Trinajstić information content (AvgIpc) is 2.62. The number of hydrogen-bond acceptors (Lipinski definition) is 4. The Bertz CT molecular complexity index is 225. The van der Waals surface area contributed by atoms with Crippen LogP contribution in [0.15, 0.2) is 0 Å². The Kier molecular flexibility index (Phi) is 5.18. The van der Waals surface area contributed by atoms with Gasteiger partial charge in [0.1, 0.15) is 5.60 Å². The smallest absolute Gasteiger partial charge is 0.233 e. The Morgan fingerprint density at radius 1 is 1.56 bits per heavy atom. The van der Waals surface area contributed by atoms with Crippen LogP contribution in [0.1, 0.15) is 20.3 Å². The van der Waals surface area contributed by atoms with Crippen LogP contribution in [-0.2, 0) is 9.53 Å². The van der Waals surface area contributed by atoms with Gasteiger partial charge >= 0.3 is 0 Å². The largest absolute Gasteiger partial charge is 0.386 e. The summed E-state index contributed by atoms with van der Waals surface area (Å²) in [5, 5.41) is 15.7. The fourth-order valence-electron chi connectivity index (χ4n) is 1.53. The average molecular weight is 230 g/mol. The van der Waals surface area contributed by atoms with Gasteiger partial charge in [-0.15, -0.1) is 0 Å². The fraction of sp³-hybridized carbons (Fsp3) is 0.909. The third-order valence-electron chi connectivity index (χ3n) is 2.53. The molecule has 1 rings (SSSR count). The van der Waals surface area contributed by atoms with E-state index >= 15 is 0 Å². The summed E-state index contributed by atoms with van der Waals surface area (Å²) >= 11 is 0. The van der Waals surface area contributed by atoms with Crippen LogP contribution in [0.5, 0.6) is 0 Å². The molecule has 1 amide bonds. The van der Waals surface area contributed by atoms with E-state index in [1.165, 1.54) is 0 Å². The number of ether oxygens (including phenoxy) is 1. The lowest BCUT2D eigenvalue weighted by atomic mass is 10.0. The van der Waals surface area contributed by atoms with Gasteiger partial charge in [0.2, 0.25) is 5.91 Å². The van der Waals surface area contributed by atoms with Crippen molar-refractivity contribution in [3.63, 3.8) is 0 Å². The molecule has 3 N–H and O–H groups in total. The maximum absolute atomic E-state index is 11.3. The predicted octanol–water partition coefficient (Wildman–Crippen LogP) is -0.500. The van der Waals surface area contributed by atoms with E-state index < -0.39 is 5.60 Å². The van der Waals surface area contributed by atoms with Gasteiger partial charge in [-0.1, -0.05) is 13.8 Å². The minimum Gasteiger partial charge on any atom is -0.386 e. The van der Waals surface area contributed by atoms with E-state index in [1.54, 1.807) is 0 Å². The molecule has 0 aliphatic carbocycles. The Balaban J connectivity index is 2.08. The maximum Gasteiger partial charge on any atom is 0.233 e. The highest BCUT2D eigenvalue weighted by Gasteiger charge is 2.31. The number of aliphatic hydroxyl groups is 1. The Morgan fingerprint density at radius 2 is 2.31 bits per heavy atom. The van der Waals surface area contributed by atoms with Crippen LogP contribution in [0.4, 0.5) is 0 Å². The molecule has 1 saturated heterocycles. The Morgan fingerprint density at radius 3 is 2.88 bits per heavy atom. The summed E-state index contributed by atoms with van der Waals surface area (Å²) in [7, 11) is 0. The zero-order valence-corrected chi connectivity index (χ0v) is 10.1. The predicted molar refractivity (Wildman–Crippen MR) is 61.1 cm³/mol. The van der Waals surface area contributed by atoms with Gasteiger partial charge < -0.3 is 20.5 Å². The van der Waals surface area contributed by atoms with E-state index in [9.17, 15) is 9.90 Å². The molecule has 0 bridgehead atoms. The molecule has 0 radical (unpaired) electrons. The van der Waals surface area contributed by atoms with Crippen molar-refractivity contribution in [3.05, 3.63) is 0 Å². The van der Waals surface area contributed by atoms with Gasteiger partial charge in [0.05, 0.1) is 13.2 Å². The SMILES string of the molecule is CC(C)CNC(=O)CNCC1(O)CCOC1. The molecule has 1 aliphatic heterocycles. The molecule has 5 nitrogen and oxygen atoms in total. The molecule has 1 aliphatic rings. The first kappa shape index (κ1) is 13.4. The molecular weight excluding hydrogens is 208 g/mol. The Hall–Kier alpha value is -0.650. The van der Waals surface area contributed by atoms with Crippen LogP contribution >= 0.6 is 0 Å². The first-order valence-corrected chi connectivity index (χ1v) is 5.79. The molecule has 1 unspecified atom stereocenters. The molecule has 0 aromatic heterocycles. The molecule has 0 spiro atoms. The number of carbonyl (C=O) groups is 1. The zero-order valence-electron chi connectivity index (χ0n) is 10.1. The fourth-order valence-corrected chi connectivity index (χ4v) is 1.53. The number of hydrogen-bond donors (Lipinski definition) is 3. The molecule has 94 valence electrons. The molecule has 1 atom stereocenters. The molecular formula is C11H22N2O3. The molecule has 16 heavy (non-hydrogen) atoms. The summed E-state index contributed by atoms with van der Waals surface area (Å²) in [6.45, 7) is 6.38. The van der Waals surface area contributed by atoms with E-state index in [0.717, 1.165) is 0 Å². The first-order chi connectivity index (χ1) is 7.52. The number of rotatable bonds is 6. The van der Waals surface area contributed by atoms with Crippen molar-refractivity contribution in [3.8, 4) is 0 Å². The van der Waals surface area contributed by atoms with E-state index in [2.05, 4.69) is 10.6 Å². The van der Waals surface area contributed by atoms with E-state index in [-0.39, 0.29) is 12.5 Å². The highest BCUT2D eigenvalue weighted by molar-refractivity contribution is 5.77. The highest BCUT2D eigenvalue weighted by Crippen LogP contribution is 2.16.